The molecule has 0 saturated carbocycles. The molecule has 1 saturated heterocycles. The van der Waals surface area contributed by atoms with Gasteiger partial charge in [0.05, 0.1) is 6.10 Å². The minimum Gasteiger partial charge on any atom is -0.491 e. The Kier molecular flexibility index (Phi) is 7.86. The Morgan fingerprint density at radius 3 is 2.46 bits per heavy atom. The lowest BCUT2D eigenvalue weighted by Gasteiger charge is -2.30. The van der Waals surface area contributed by atoms with E-state index < -0.39 is 6.10 Å². The summed E-state index contributed by atoms with van der Waals surface area (Å²) in [7, 11) is 0. The third kappa shape index (κ3) is 6.91. The van der Waals surface area contributed by atoms with Crippen molar-refractivity contribution in [1.29, 1.82) is 0 Å². The summed E-state index contributed by atoms with van der Waals surface area (Å²) in [4.78, 5) is 2.19. The molecule has 3 rings (SSSR count). The van der Waals surface area contributed by atoms with Gasteiger partial charge >= 0.3 is 0 Å². The Morgan fingerprint density at radius 1 is 1.07 bits per heavy atom. The van der Waals surface area contributed by atoms with Crippen LogP contribution in [0, 0.1) is 6.92 Å². The van der Waals surface area contributed by atoms with Crippen LogP contribution in [0.15, 0.2) is 48.5 Å². The van der Waals surface area contributed by atoms with Crippen LogP contribution in [0.4, 0.5) is 0 Å². The van der Waals surface area contributed by atoms with Crippen LogP contribution in [0.25, 0.3) is 0 Å². The van der Waals surface area contributed by atoms with Gasteiger partial charge in [0.25, 0.3) is 0 Å². The number of ether oxygens (including phenoxy) is 1. The molecule has 3 N–H and O–H groups in total. The number of benzene rings is 2. The van der Waals surface area contributed by atoms with Crippen LogP contribution in [0.2, 0.25) is 0 Å². The topological polar surface area (TPSA) is 65.0 Å². The molecular formula is C23H32N2O3. The Morgan fingerprint density at radius 2 is 1.75 bits per heavy atom. The quantitative estimate of drug-likeness (QED) is 0.620. The molecule has 5 heteroatoms. The Hall–Kier alpha value is -1.92. The molecule has 0 bridgehead atoms. The molecule has 1 unspecified atom stereocenters. The van der Waals surface area contributed by atoms with Gasteiger partial charge in [0.15, 0.2) is 0 Å². The number of nitrogens with zero attached hydrogens (tertiary/aromatic N) is 1. The first kappa shape index (κ1) is 20.8. The van der Waals surface area contributed by atoms with Crippen LogP contribution in [0.5, 0.6) is 5.75 Å². The van der Waals surface area contributed by atoms with Gasteiger partial charge in [-0.3, -0.25) is 0 Å². The van der Waals surface area contributed by atoms with E-state index in [2.05, 4.69) is 47.5 Å². The van der Waals surface area contributed by atoms with Crippen molar-refractivity contribution >= 4 is 0 Å². The maximum absolute atomic E-state index is 10.2. The molecule has 1 heterocycles. The summed E-state index contributed by atoms with van der Waals surface area (Å²) in [5.41, 5.74) is 3.71. The van der Waals surface area contributed by atoms with Gasteiger partial charge in [0.2, 0.25) is 0 Å². The van der Waals surface area contributed by atoms with Gasteiger partial charge in [-0.2, -0.15) is 0 Å². The highest BCUT2D eigenvalue weighted by Crippen LogP contribution is 2.15. The van der Waals surface area contributed by atoms with E-state index in [-0.39, 0.29) is 12.7 Å². The van der Waals surface area contributed by atoms with Crippen molar-refractivity contribution in [2.45, 2.75) is 45.1 Å². The standard InChI is InChI=1S/C23H32N2O3/c1-18-4-2-5-19(12-18)14-24-15-20-6-3-7-23(13-20)28-17-22(27)16-25-10-8-21(26)9-11-25/h2-7,12-13,21-22,24,26-27H,8-11,14-17H2,1H3. The molecule has 28 heavy (non-hydrogen) atoms. The van der Waals surface area contributed by atoms with Crippen molar-refractivity contribution < 1.29 is 14.9 Å². The van der Waals surface area contributed by atoms with Gasteiger partial charge in [-0.15, -0.1) is 0 Å². The zero-order valence-corrected chi connectivity index (χ0v) is 16.7. The molecular weight excluding hydrogens is 352 g/mol. The molecule has 0 radical (unpaired) electrons. The minimum atomic E-state index is -0.529. The molecule has 1 aliphatic heterocycles. The number of aliphatic hydroxyl groups excluding tert-OH is 2. The predicted octanol–water partition coefficient (Wildman–Crippen LogP) is 2.48. The minimum absolute atomic E-state index is 0.188. The monoisotopic (exact) mass is 384 g/mol. The highest BCUT2D eigenvalue weighted by molar-refractivity contribution is 5.28. The highest BCUT2D eigenvalue weighted by Gasteiger charge is 2.19. The maximum Gasteiger partial charge on any atom is 0.119 e. The van der Waals surface area contributed by atoms with Crippen LogP contribution < -0.4 is 10.1 Å². The van der Waals surface area contributed by atoms with E-state index in [9.17, 15) is 10.2 Å². The maximum atomic E-state index is 10.2. The van der Waals surface area contributed by atoms with E-state index in [1.165, 1.54) is 11.1 Å². The van der Waals surface area contributed by atoms with Gasteiger partial charge in [-0.05, 0) is 43.0 Å². The van der Waals surface area contributed by atoms with E-state index in [4.69, 9.17) is 4.74 Å². The van der Waals surface area contributed by atoms with Crippen molar-refractivity contribution in [1.82, 2.24) is 10.2 Å². The fourth-order valence-corrected chi connectivity index (χ4v) is 3.56. The molecule has 0 aromatic heterocycles. The lowest BCUT2D eigenvalue weighted by atomic mass is 10.1. The van der Waals surface area contributed by atoms with Crippen LogP contribution in [0.1, 0.15) is 29.5 Å². The van der Waals surface area contributed by atoms with E-state index in [0.717, 1.165) is 50.3 Å². The number of β-amino-alcohol motifs (C(OH)–C–C–N with tert-alkyl or cyclic N) is 1. The summed E-state index contributed by atoms with van der Waals surface area (Å²) in [5, 5.41) is 23.3. The van der Waals surface area contributed by atoms with E-state index >= 15 is 0 Å². The Bertz CT molecular complexity index is 729. The van der Waals surface area contributed by atoms with Crippen molar-refractivity contribution in [3.63, 3.8) is 0 Å². The van der Waals surface area contributed by atoms with Crippen LogP contribution in [0.3, 0.4) is 0 Å². The first-order valence-electron chi connectivity index (χ1n) is 10.1. The molecule has 0 aliphatic carbocycles. The number of piperidine rings is 1. The number of rotatable bonds is 9. The van der Waals surface area contributed by atoms with Crippen molar-refractivity contribution in [2.24, 2.45) is 0 Å². The van der Waals surface area contributed by atoms with Crippen LogP contribution >= 0.6 is 0 Å². The zero-order valence-electron chi connectivity index (χ0n) is 16.7. The summed E-state index contributed by atoms with van der Waals surface area (Å²) in [5.74, 6) is 0.781. The molecule has 1 fully saturated rings. The van der Waals surface area contributed by atoms with Gasteiger partial charge in [0.1, 0.15) is 18.5 Å². The van der Waals surface area contributed by atoms with Crippen molar-refractivity contribution in [3.8, 4) is 5.75 Å². The lowest BCUT2D eigenvalue weighted by molar-refractivity contribution is 0.0337. The van der Waals surface area contributed by atoms with Crippen LogP contribution in [-0.4, -0.2) is 53.6 Å². The number of hydrogen-bond donors (Lipinski definition) is 3. The molecule has 0 spiro atoms. The summed E-state index contributed by atoms with van der Waals surface area (Å²) in [6.45, 7) is 6.23. The molecule has 1 aliphatic rings. The first-order chi connectivity index (χ1) is 13.6. The number of aliphatic hydroxyl groups is 2. The zero-order chi connectivity index (χ0) is 19.8. The second-order valence-electron chi connectivity index (χ2n) is 7.74. The molecule has 152 valence electrons. The highest BCUT2D eigenvalue weighted by atomic mass is 16.5. The number of likely N-dealkylation sites (tertiary alicyclic amines) is 1. The second kappa shape index (κ2) is 10.6. The fourth-order valence-electron chi connectivity index (χ4n) is 3.56. The summed E-state index contributed by atoms with van der Waals surface area (Å²) < 4.78 is 5.80. The van der Waals surface area contributed by atoms with E-state index in [0.29, 0.717) is 6.54 Å². The van der Waals surface area contributed by atoms with Gasteiger partial charge in [-0.1, -0.05) is 42.0 Å². The summed E-state index contributed by atoms with van der Waals surface area (Å²) in [6, 6.07) is 16.5. The first-order valence-corrected chi connectivity index (χ1v) is 10.1. The smallest absolute Gasteiger partial charge is 0.119 e. The third-order valence-electron chi connectivity index (χ3n) is 5.11. The average molecular weight is 385 g/mol. The van der Waals surface area contributed by atoms with E-state index in [1.54, 1.807) is 0 Å². The number of hydrogen-bond acceptors (Lipinski definition) is 5. The third-order valence-corrected chi connectivity index (χ3v) is 5.11. The van der Waals surface area contributed by atoms with Crippen molar-refractivity contribution in [3.05, 3.63) is 65.2 Å². The predicted molar refractivity (Wildman–Crippen MR) is 111 cm³/mol. The largest absolute Gasteiger partial charge is 0.491 e. The molecule has 5 nitrogen and oxygen atoms in total. The molecule has 0 amide bonds. The molecule has 2 aromatic carbocycles. The number of aryl methyl sites for hydroxylation is 1. The Balaban J connectivity index is 1.40. The van der Waals surface area contributed by atoms with E-state index in [1.807, 2.05) is 18.2 Å². The van der Waals surface area contributed by atoms with Gasteiger partial charge in [-0.25, -0.2) is 0 Å². The van der Waals surface area contributed by atoms with Gasteiger partial charge in [0, 0.05) is 32.7 Å². The number of nitrogens with one attached hydrogen (secondary N) is 1. The fraction of sp³-hybridized carbons (Fsp3) is 0.478. The second-order valence-corrected chi connectivity index (χ2v) is 7.74. The van der Waals surface area contributed by atoms with Crippen molar-refractivity contribution in [2.75, 3.05) is 26.2 Å². The van der Waals surface area contributed by atoms with Crippen LogP contribution in [-0.2, 0) is 13.1 Å². The molecule has 2 aromatic rings. The summed E-state index contributed by atoms with van der Waals surface area (Å²) in [6.07, 6.45) is 0.848. The van der Waals surface area contributed by atoms with Gasteiger partial charge < -0.3 is 25.2 Å². The summed E-state index contributed by atoms with van der Waals surface area (Å²) >= 11 is 0. The Labute approximate surface area is 168 Å². The SMILES string of the molecule is Cc1cccc(CNCc2cccc(OCC(O)CN3CCC(O)CC3)c2)c1. The average Bonchev–Trinajstić information content (AvgIpc) is 2.69. The molecule has 1 atom stereocenters. The lowest BCUT2D eigenvalue weighted by Crippen LogP contribution is -2.41. The normalized spacial score (nSPS) is 16.8.